The van der Waals surface area contributed by atoms with E-state index in [1.54, 1.807) is 36.4 Å². The number of benzene rings is 2. The van der Waals surface area contributed by atoms with Crippen LogP contribution in [-0.2, 0) is 11.3 Å². The number of rotatable bonds is 5. The lowest BCUT2D eigenvalue weighted by Crippen LogP contribution is -2.35. The summed E-state index contributed by atoms with van der Waals surface area (Å²) in [6.45, 7) is 0.140. The van der Waals surface area contributed by atoms with Gasteiger partial charge in [-0.05, 0) is 36.8 Å². The molecule has 0 fully saturated rings. The molecule has 0 aliphatic heterocycles. The van der Waals surface area contributed by atoms with Crippen molar-refractivity contribution in [2.24, 2.45) is 0 Å². The number of fused-ring (bicyclic) bond motifs is 1. The van der Waals surface area contributed by atoms with Crippen LogP contribution in [0.4, 0.5) is 5.69 Å². The van der Waals surface area contributed by atoms with Crippen molar-refractivity contribution >= 4 is 45.7 Å². The zero-order valence-electron chi connectivity index (χ0n) is 13.6. The minimum atomic E-state index is -0.491. The Hall–Kier alpha value is -2.57. The molecular weight excluding hydrogens is 377 g/mol. The third-order valence-corrected chi connectivity index (χ3v) is 4.43. The Morgan fingerprint density at radius 3 is 2.65 bits per heavy atom. The number of nitrogens with one attached hydrogen (secondary N) is 2. The first-order chi connectivity index (χ1) is 12.5. The van der Waals surface area contributed by atoms with Gasteiger partial charge in [0.2, 0.25) is 5.91 Å². The number of hydrogen-bond acceptors (Lipinski definition) is 3. The van der Waals surface area contributed by atoms with E-state index >= 15 is 0 Å². The van der Waals surface area contributed by atoms with Crippen molar-refractivity contribution < 1.29 is 4.79 Å². The third-order valence-electron chi connectivity index (χ3n) is 3.88. The van der Waals surface area contributed by atoms with E-state index in [9.17, 15) is 14.4 Å². The average Bonchev–Trinajstić information content (AvgIpc) is 2.60. The standard InChI is InChI=1S/C18H15Cl2N3O3/c19-11-7-8-15(13(20)10-11)21-16(24)6-3-9-23-17(25)12-4-1-2-5-14(12)22-18(23)26/h1-2,4-5,7-8,10H,3,6,9H2,(H,21,24)(H,22,26). The Bertz CT molecular complexity index is 1090. The molecule has 0 unspecified atom stereocenters. The second-order valence-electron chi connectivity index (χ2n) is 5.71. The molecule has 0 radical (unpaired) electrons. The summed E-state index contributed by atoms with van der Waals surface area (Å²) in [4.78, 5) is 39.2. The Morgan fingerprint density at radius 1 is 1.12 bits per heavy atom. The van der Waals surface area contributed by atoms with Crippen molar-refractivity contribution in [3.8, 4) is 0 Å². The lowest BCUT2D eigenvalue weighted by Gasteiger charge is -2.08. The number of hydrogen-bond donors (Lipinski definition) is 2. The monoisotopic (exact) mass is 391 g/mol. The number of aromatic nitrogens is 2. The van der Waals surface area contributed by atoms with E-state index in [-0.39, 0.29) is 24.4 Å². The first kappa shape index (κ1) is 18.2. The molecule has 0 saturated heterocycles. The van der Waals surface area contributed by atoms with Crippen LogP contribution in [0.5, 0.6) is 0 Å². The molecule has 1 heterocycles. The molecule has 2 aromatic carbocycles. The minimum absolute atomic E-state index is 0.137. The smallest absolute Gasteiger partial charge is 0.325 e. The largest absolute Gasteiger partial charge is 0.328 e. The fourth-order valence-corrected chi connectivity index (χ4v) is 3.06. The number of carbonyl (C=O) groups is 1. The maximum absolute atomic E-state index is 12.4. The first-order valence-corrected chi connectivity index (χ1v) is 8.68. The van der Waals surface area contributed by atoms with E-state index in [2.05, 4.69) is 10.3 Å². The topological polar surface area (TPSA) is 84.0 Å². The van der Waals surface area contributed by atoms with Crippen LogP contribution in [0.2, 0.25) is 10.0 Å². The van der Waals surface area contributed by atoms with Gasteiger partial charge < -0.3 is 10.3 Å². The minimum Gasteiger partial charge on any atom is -0.325 e. The molecule has 0 spiro atoms. The molecule has 6 nitrogen and oxygen atoms in total. The zero-order valence-corrected chi connectivity index (χ0v) is 15.1. The summed E-state index contributed by atoms with van der Waals surface area (Å²) in [7, 11) is 0. The molecule has 0 aliphatic rings. The van der Waals surface area contributed by atoms with Crippen molar-refractivity contribution in [3.63, 3.8) is 0 Å². The predicted octanol–water partition coefficient (Wildman–Crippen LogP) is 3.42. The van der Waals surface area contributed by atoms with Gasteiger partial charge in [-0.25, -0.2) is 4.79 Å². The third kappa shape index (κ3) is 3.98. The van der Waals surface area contributed by atoms with Gasteiger partial charge >= 0.3 is 5.69 Å². The van der Waals surface area contributed by atoms with E-state index in [1.807, 2.05) is 0 Å². The summed E-state index contributed by atoms with van der Waals surface area (Å²) in [6.07, 6.45) is 0.468. The molecule has 0 aliphatic carbocycles. The van der Waals surface area contributed by atoms with E-state index in [1.165, 1.54) is 6.07 Å². The van der Waals surface area contributed by atoms with Crippen molar-refractivity contribution in [2.75, 3.05) is 5.32 Å². The van der Waals surface area contributed by atoms with Crippen LogP contribution in [0.25, 0.3) is 10.9 Å². The highest BCUT2D eigenvalue weighted by molar-refractivity contribution is 6.36. The van der Waals surface area contributed by atoms with E-state index in [0.29, 0.717) is 33.1 Å². The van der Waals surface area contributed by atoms with Crippen LogP contribution in [0.15, 0.2) is 52.1 Å². The van der Waals surface area contributed by atoms with Gasteiger partial charge in [-0.3, -0.25) is 14.2 Å². The van der Waals surface area contributed by atoms with Gasteiger partial charge in [0.05, 0.1) is 21.6 Å². The van der Waals surface area contributed by atoms with Crippen LogP contribution in [0.3, 0.4) is 0 Å². The quantitative estimate of drug-likeness (QED) is 0.698. The van der Waals surface area contributed by atoms with Gasteiger partial charge in [0.15, 0.2) is 0 Å². The molecule has 2 N–H and O–H groups in total. The average molecular weight is 392 g/mol. The number of H-pyrrole nitrogens is 1. The van der Waals surface area contributed by atoms with Gasteiger partial charge in [-0.2, -0.15) is 0 Å². The molecular formula is C18H15Cl2N3O3. The number of anilines is 1. The van der Waals surface area contributed by atoms with Crippen molar-refractivity contribution in [1.82, 2.24) is 9.55 Å². The van der Waals surface area contributed by atoms with E-state index in [4.69, 9.17) is 23.2 Å². The predicted molar refractivity (Wildman–Crippen MR) is 103 cm³/mol. The van der Waals surface area contributed by atoms with Crippen LogP contribution in [-0.4, -0.2) is 15.5 Å². The van der Waals surface area contributed by atoms with Crippen molar-refractivity contribution in [3.05, 3.63) is 73.3 Å². The molecule has 3 rings (SSSR count). The fraction of sp³-hybridized carbons (Fsp3) is 0.167. The summed E-state index contributed by atoms with van der Waals surface area (Å²) in [5.74, 6) is -0.264. The number of nitrogens with zero attached hydrogens (tertiary/aromatic N) is 1. The van der Waals surface area contributed by atoms with Crippen LogP contribution in [0, 0.1) is 0 Å². The SMILES string of the molecule is O=C(CCCn1c(=O)[nH]c2ccccc2c1=O)Nc1ccc(Cl)cc1Cl. The Labute approximate surface area is 158 Å². The molecule has 0 saturated carbocycles. The lowest BCUT2D eigenvalue weighted by atomic mass is 10.2. The molecule has 3 aromatic rings. The molecule has 0 atom stereocenters. The number of para-hydroxylation sites is 1. The summed E-state index contributed by atoms with van der Waals surface area (Å²) >= 11 is 11.8. The second-order valence-corrected chi connectivity index (χ2v) is 6.55. The number of aromatic amines is 1. The molecule has 8 heteroatoms. The summed E-state index contributed by atoms with van der Waals surface area (Å²) < 4.78 is 1.10. The highest BCUT2D eigenvalue weighted by Crippen LogP contribution is 2.25. The molecule has 134 valence electrons. The number of carbonyl (C=O) groups excluding carboxylic acids is 1. The number of amides is 1. The van der Waals surface area contributed by atoms with E-state index < -0.39 is 5.69 Å². The zero-order chi connectivity index (χ0) is 18.7. The lowest BCUT2D eigenvalue weighted by molar-refractivity contribution is -0.116. The summed E-state index contributed by atoms with van der Waals surface area (Å²) in [5, 5.41) is 3.93. The van der Waals surface area contributed by atoms with Gasteiger partial charge in [-0.15, -0.1) is 0 Å². The summed E-state index contributed by atoms with van der Waals surface area (Å²) in [6, 6.07) is 11.6. The number of halogens is 2. The molecule has 1 amide bonds. The van der Waals surface area contributed by atoms with E-state index in [0.717, 1.165) is 4.57 Å². The van der Waals surface area contributed by atoms with Gasteiger partial charge in [0.25, 0.3) is 5.56 Å². The van der Waals surface area contributed by atoms with Crippen molar-refractivity contribution in [2.45, 2.75) is 19.4 Å². The van der Waals surface area contributed by atoms with Crippen LogP contribution in [0.1, 0.15) is 12.8 Å². The Balaban J connectivity index is 1.66. The van der Waals surface area contributed by atoms with Crippen molar-refractivity contribution in [1.29, 1.82) is 0 Å². The fourth-order valence-electron chi connectivity index (χ4n) is 2.60. The second kappa shape index (κ2) is 7.76. The molecule has 0 bridgehead atoms. The normalized spacial score (nSPS) is 10.8. The van der Waals surface area contributed by atoms with Gasteiger partial charge in [-0.1, -0.05) is 35.3 Å². The van der Waals surface area contributed by atoms with Gasteiger partial charge in [0, 0.05) is 18.0 Å². The highest BCUT2D eigenvalue weighted by atomic mass is 35.5. The first-order valence-electron chi connectivity index (χ1n) is 7.92. The Morgan fingerprint density at radius 2 is 1.88 bits per heavy atom. The van der Waals surface area contributed by atoms with Crippen LogP contribution >= 0.6 is 23.2 Å². The molecule has 1 aromatic heterocycles. The maximum atomic E-state index is 12.4. The summed E-state index contributed by atoms with van der Waals surface area (Å²) in [5.41, 5.74) is 0.0935. The maximum Gasteiger partial charge on any atom is 0.328 e. The van der Waals surface area contributed by atoms with Gasteiger partial charge in [0.1, 0.15) is 0 Å². The molecule has 26 heavy (non-hydrogen) atoms. The Kier molecular flexibility index (Phi) is 5.44. The highest BCUT2D eigenvalue weighted by Gasteiger charge is 2.09. The van der Waals surface area contributed by atoms with Crippen LogP contribution < -0.4 is 16.6 Å².